The lowest BCUT2D eigenvalue weighted by atomic mass is 10.0. The van der Waals surface area contributed by atoms with Crippen molar-refractivity contribution >= 4 is 17.3 Å². The summed E-state index contributed by atoms with van der Waals surface area (Å²) in [5.74, 6) is 0.669. The van der Waals surface area contributed by atoms with E-state index >= 15 is 0 Å². The third kappa shape index (κ3) is 3.78. The number of ether oxygens (including phenoxy) is 2. The molecule has 1 heterocycles. The summed E-state index contributed by atoms with van der Waals surface area (Å²) < 4.78 is 10.6. The summed E-state index contributed by atoms with van der Waals surface area (Å²) in [6, 6.07) is 6.08. The molecule has 2 rings (SSSR count). The van der Waals surface area contributed by atoms with Crippen molar-refractivity contribution in [2.24, 2.45) is 0 Å². The highest BCUT2D eigenvalue weighted by atomic mass is 32.1. The smallest absolute Gasteiger partial charge is 0.369 e. The van der Waals surface area contributed by atoms with Crippen molar-refractivity contribution in [2.45, 2.75) is 33.6 Å². The van der Waals surface area contributed by atoms with Crippen molar-refractivity contribution in [3.63, 3.8) is 0 Å². The van der Waals surface area contributed by atoms with E-state index < -0.39 is 5.97 Å². The summed E-state index contributed by atoms with van der Waals surface area (Å²) in [5, 5.41) is 8.20. The monoisotopic (exact) mass is 306 g/mol. The lowest BCUT2D eigenvalue weighted by molar-refractivity contribution is 0.0525. The van der Waals surface area contributed by atoms with Crippen LogP contribution in [0.5, 0.6) is 10.9 Å². The summed E-state index contributed by atoms with van der Waals surface area (Å²) in [5.41, 5.74) is 2.19. The molecule has 0 saturated carbocycles. The van der Waals surface area contributed by atoms with E-state index in [0.29, 0.717) is 17.7 Å². The number of aromatic nitrogens is 2. The van der Waals surface area contributed by atoms with Gasteiger partial charge < -0.3 is 9.47 Å². The Morgan fingerprint density at radius 3 is 2.76 bits per heavy atom. The molecule has 0 aliphatic heterocycles. The number of esters is 1. The normalized spacial score (nSPS) is 10.7. The first-order valence-electron chi connectivity index (χ1n) is 6.80. The molecule has 0 bridgehead atoms. The Hall–Kier alpha value is -1.95. The molecule has 5 nitrogen and oxygen atoms in total. The Morgan fingerprint density at radius 2 is 2.10 bits per heavy atom. The molecule has 0 unspecified atom stereocenters. The Labute approximate surface area is 127 Å². The van der Waals surface area contributed by atoms with Crippen LogP contribution >= 0.6 is 11.3 Å². The van der Waals surface area contributed by atoms with Crippen LogP contribution in [0.3, 0.4) is 0 Å². The topological polar surface area (TPSA) is 61.3 Å². The van der Waals surface area contributed by atoms with Crippen molar-refractivity contribution < 1.29 is 14.3 Å². The highest BCUT2D eigenvalue weighted by Crippen LogP contribution is 2.30. The van der Waals surface area contributed by atoms with Gasteiger partial charge in [0.15, 0.2) is 0 Å². The fourth-order valence-electron chi connectivity index (χ4n) is 1.71. The maximum atomic E-state index is 11.6. The minimum absolute atomic E-state index is 0.199. The molecule has 0 fully saturated rings. The maximum Gasteiger partial charge on any atom is 0.369 e. The average Bonchev–Trinajstić information content (AvgIpc) is 2.90. The van der Waals surface area contributed by atoms with Gasteiger partial charge in [0.25, 0.3) is 5.19 Å². The van der Waals surface area contributed by atoms with Gasteiger partial charge in [-0.15, -0.1) is 5.10 Å². The molecule has 21 heavy (non-hydrogen) atoms. The van der Waals surface area contributed by atoms with Crippen LogP contribution < -0.4 is 4.74 Å². The molecule has 0 atom stereocenters. The molecule has 0 spiro atoms. The van der Waals surface area contributed by atoms with Gasteiger partial charge in [0, 0.05) is 0 Å². The maximum absolute atomic E-state index is 11.6. The van der Waals surface area contributed by atoms with Crippen molar-refractivity contribution in [1.29, 1.82) is 0 Å². The van der Waals surface area contributed by atoms with Crippen LogP contribution in [0, 0.1) is 6.92 Å². The molecule has 1 aromatic carbocycles. The summed E-state index contributed by atoms with van der Waals surface area (Å²) in [6.07, 6.45) is 0. The molecule has 0 amide bonds. The van der Waals surface area contributed by atoms with Gasteiger partial charge in [0.1, 0.15) is 5.75 Å². The van der Waals surface area contributed by atoms with Crippen LogP contribution in [-0.2, 0) is 4.74 Å². The van der Waals surface area contributed by atoms with Gasteiger partial charge in [0.05, 0.1) is 6.61 Å². The minimum atomic E-state index is -0.475. The van der Waals surface area contributed by atoms with E-state index in [0.717, 1.165) is 22.6 Å². The van der Waals surface area contributed by atoms with E-state index in [1.165, 1.54) is 5.56 Å². The Bertz CT molecular complexity index is 638. The zero-order valence-corrected chi connectivity index (χ0v) is 13.4. The van der Waals surface area contributed by atoms with Crippen LogP contribution in [0.15, 0.2) is 18.2 Å². The lowest BCUT2D eigenvalue weighted by Crippen LogP contribution is -2.03. The minimum Gasteiger partial charge on any atom is -0.461 e. The van der Waals surface area contributed by atoms with Crippen molar-refractivity contribution in [3.8, 4) is 10.9 Å². The lowest BCUT2D eigenvalue weighted by Gasteiger charge is -2.10. The first-order chi connectivity index (χ1) is 10.0. The second-order valence-electron chi connectivity index (χ2n) is 4.88. The highest BCUT2D eigenvalue weighted by Gasteiger charge is 2.15. The second-order valence-corrected chi connectivity index (χ2v) is 5.82. The van der Waals surface area contributed by atoms with Crippen LogP contribution in [0.4, 0.5) is 0 Å². The Morgan fingerprint density at radius 1 is 1.33 bits per heavy atom. The van der Waals surface area contributed by atoms with Gasteiger partial charge in [-0.05, 0) is 48.3 Å². The predicted octanol–water partition coefficient (Wildman–Crippen LogP) is 3.94. The van der Waals surface area contributed by atoms with E-state index in [9.17, 15) is 4.79 Å². The molecule has 6 heteroatoms. The summed E-state index contributed by atoms with van der Waals surface area (Å²) in [4.78, 5) is 11.6. The van der Waals surface area contributed by atoms with E-state index in [-0.39, 0.29) is 5.01 Å². The number of aryl methyl sites for hydroxylation is 1. The molecule has 1 aromatic heterocycles. The van der Waals surface area contributed by atoms with E-state index in [1.54, 1.807) is 6.92 Å². The second kappa shape index (κ2) is 6.67. The number of hydrogen-bond acceptors (Lipinski definition) is 6. The fourth-order valence-corrected chi connectivity index (χ4v) is 2.31. The molecule has 0 aliphatic rings. The standard InChI is InChI=1S/C15H18N2O3S/c1-5-19-14(18)13-16-17-15(21-13)20-12-8-11(9(2)3)7-6-10(12)4/h6-9H,5H2,1-4H3. The van der Waals surface area contributed by atoms with Gasteiger partial charge in [0.2, 0.25) is 5.01 Å². The number of carbonyl (C=O) groups is 1. The van der Waals surface area contributed by atoms with Gasteiger partial charge in [-0.2, -0.15) is 0 Å². The van der Waals surface area contributed by atoms with Crippen molar-refractivity contribution in [1.82, 2.24) is 10.2 Å². The number of rotatable bonds is 5. The van der Waals surface area contributed by atoms with Crippen molar-refractivity contribution in [3.05, 3.63) is 34.3 Å². The molecule has 0 aliphatic carbocycles. The fraction of sp³-hybridized carbons (Fsp3) is 0.400. The number of nitrogens with zero attached hydrogens (tertiary/aromatic N) is 2. The first kappa shape index (κ1) is 15.4. The summed E-state index contributed by atoms with van der Waals surface area (Å²) in [7, 11) is 0. The molecule has 0 radical (unpaired) electrons. The van der Waals surface area contributed by atoms with Crippen LogP contribution in [0.25, 0.3) is 0 Å². The molecular formula is C15H18N2O3S. The summed E-state index contributed by atoms with van der Waals surface area (Å²) in [6.45, 7) is 8.27. The van der Waals surface area contributed by atoms with Gasteiger partial charge in [-0.3, -0.25) is 0 Å². The van der Waals surface area contributed by atoms with Crippen LogP contribution in [0.2, 0.25) is 0 Å². The predicted molar refractivity (Wildman–Crippen MR) is 81.2 cm³/mol. The molecule has 2 aromatic rings. The Kier molecular flexibility index (Phi) is 4.90. The average molecular weight is 306 g/mol. The number of carbonyl (C=O) groups excluding carboxylic acids is 1. The highest BCUT2D eigenvalue weighted by molar-refractivity contribution is 7.14. The first-order valence-corrected chi connectivity index (χ1v) is 7.62. The molecule has 112 valence electrons. The van der Waals surface area contributed by atoms with E-state index in [1.807, 2.05) is 19.1 Å². The van der Waals surface area contributed by atoms with Crippen LogP contribution in [0.1, 0.15) is 47.6 Å². The molecule has 0 saturated heterocycles. The number of hydrogen-bond donors (Lipinski definition) is 0. The largest absolute Gasteiger partial charge is 0.461 e. The quantitative estimate of drug-likeness (QED) is 0.783. The zero-order chi connectivity index (χ0) is 15.4. The SMILES string of the molecule is CCOC(=O)c1nnc(Oc2cc(C(C)C)ccc2C)s1. The van der Waals surface area contributed by atoms with E-state index in [2.05, 4.69) is 30.1 Å². The van der Waals surface area contributed by atoms with Gasteiger partial charge in [-0.1, -0.05) is 31.1 Å². The zero-order valence-electron chi connectivity index (χ0n) is 12.5. The Balaban J connectivity index is 2.18. The third-order valence-corrected chi connectivity index (χ3v) is 3.71. The third-order valence-electron chi connectivity index (χ3n) is 2.93. The molecule has 0 N–H and O–H groups in total. The van der Waals surface area contributed by atoms with Crippen molar-refractivity contribution in [2.75, 3.05) is 6.61 Å². The van der Waals surface area contributed by atoms with Crippen LogP contribution in [-0.4, -0.2) is 22.8 Å². The van der Waals surface area contributed by atoms with Gasteiger partial charge >= 0.3 is 5.97 Å². The van der Waals surface area contributed by atoms with Gasteiger partial charge in [-0.25, -0.2) is 4.79 Å². The van der Waals surface area contributed by atoms with E-state index in [4.69, 9.17) is 9.47 Å². The summed E-state index contributed by atoms with van der Waals surface area (Å²) >= 11 is 1.08. The molecular weight excluding hydrogens is 288 g/mol. The number of benzene rings is 1.